The topological polar surface area (TPSA) is 38.7 Å². The van der Waals surface area contributed by atoms with Crippen molar-refractivity contribution in [3.63, 3.8) is 0 Å². The van der Waals surface area contributed by atoms with E-state index in [0.29, 0.717) is 5.75 Å². The van der Waals surface area contributed by atoms with E-state index in [2.05, 4.69) is 32.0 Å². The van der Waals surface area contributed by atoms with Crippen LogP contribution in [-0.4, -0.2) is 25.5 Å². The number of rotatable bonds is 8. The van der Waals surface area contributed by atoms with Crippen molar-refractivity contribution >= 4 is 18.5 Å². The number of para-hydroxylation sites is 1. The first kappa shape index (κ1) is 19.0. The van der Waals surface area contributed by atoms with Gasteiger partial charge in [-0.15, -0.1) is 0 Å². The SMILES string of the molecule is CCCC1(c2cccc(P(CC)c3c(OC)cccc3OC)c2O)CC1. The summed E-state index contributed by atoms with van der Waals surface area (Å²) in [6.45, 7) is 4.39. The van der Waals surface area contributed by atoms with Gasteiger partial charge in [0.15, 0.2) is 0 Å². The summed E-state index contributed by atoms with van der Waals surface area (Å²) in [5, 5.41) is 13.3. The molecule has 0 bridgehead atoms. The molecule has 0 amide bonds. The molecule has 0 spiro atoms. The van der Waals surface area contributed by atoms with E-state index in [0.717, 1.165) is 46.7 Å². The number of hydrogen-bond donors (Lipinski definition) is 1. The predicted octanol–water partition coefficient (Wildman–Crippen LogP) is 4.69. The van der Waals surface area contributed by atoms with E-state index >= 15 is 0 Å². The molecule has 0 radical (unpaired) electrons. The van der Waals surface area contributed by atoms with Gasteiger partial charge in [-0.25, -0.2) is 0 Å². The number of ether oxygens (including phenoxy) is 2. The molecule has 4 heteroatoms. The van der Waals surface area contributed by atoms with E-state index < -0.39 is 7.92 Å². The molecule has 0 heterocycles. The zero-order chi connectivity index (χ0) is 18.7. The maximum atomic E-state index is 11.2. The second-order valence-electron chi connectivity index (χ2n) is 6.96. The van der Waals surface area contributed by atoms with Crippen LogP contribution in [0.1, 0.15) is 45.1 Å². The summed E-state index contributed by atoms with van der Waals surface area (Å²) in [4.78, 5) is 0. The summed E-state index contributed by atoms with van der Waals surface area (Å²) >= 11 is 0. The van der Waals surface area contributed by atoms with Gasteiger partial charge in [0.1, 0.15) is 17.2 Å². The average Bonchev–Trinajstić information content (AvgIpc) is 3.44. The van der Waals surface area contributed by atoms with E-state index in [1.54, 1.807) is 14.2 Å². The van der Waals surface area contributed by atoms with Gasteiger partial charge in [-0.1, -0.05) is 44.5 Å². The molecule has 1 saturated carbocycles. The van der Waals surface area contributed by atoms with Crippen molar-refractivity contribution in [3.8, 4) is 17.2 Å². The molecule has 2 aromatic rings. The van der Waals surface area contributed by atoms with E-state index in [1.165, 1.54) is 12.8 Å². The monoisotopic (exact) mass is 372 g/mol. The number of benzene rings is 2. The molecule has 1 unspecified atom stereocenters. The Balaban J connectivity index is 2.11. The number of aromatic hydroxyl groups is 1. The van der Waals surface area contributed by atoms with Crippen LogP contribution >= 0.6 is 7.92 Å². The first-order chi connectivity index (χ1) is 12.6. The molecule has 1 atom stereocenters. The fraction of sp³-hybridized carbons (Fsp3) is 0.455. The zero-order valence-electron chi connectivity index (χ0n) is 16.2. The number of phenols is 1. The Kier molecular flexibility index (Phi) is 5.77. The van der Waals surface area contributed by atoms with Crippen LogP contribution in [0, 0.1) is 0 Å². The van der Waals surface area contributed by atoms with Gasteiger partial charge in [0.05, 0.1) is 19.5 Å². The van der Waals surface area contributed by atoms with Crippen LogP contribution in [0.2, 0.25) is 0 Å². The summed E-state index contributed by atoms with van der Waals surface area (Å²) in [5.41, 5.74) is 1.32. The molecule has 1 fully saturated rings. The number of hydrogen-bond acceptors (Lipinski definition) is 3. The molecule has 0 aliphatic heterocycles. The van der Waals surface area contributed by atoms with Crippen molar-refractivity contribution in [3.05, 3.63) is 42.0 Å². The van der Waals surface area contributed by atoms with Crippen molar-refractivity contribution < 1.29 is 14.6 Å². The van der Waals surface area contributed by atoms with Gasteiger partial charge in [-0.05, 0) is 50.9 Å². The van der Waals surface area contributed by atoms with Crippen LogP contribution in [0.4, 0.5) is 0 Å². The summed E-state index contributed by atoms with van der Waals surface area (Å²) in [6.07, 6.45) is 5.57. The number of methoxy groups -OCH3 is 2. The largest absolute Gasteiger partial charge is 0.507 e. The van der Waals surface area contributed by atoms with Crippen molar-refractivity contribution in [2.75, 3.05) is 20.4 Å². The summed E-state index contributed by atoms with van der Waals surface area (Å²) in [7, 11) is 2.62. The quantitative estimate of drug-likeness (QED) is 0.683. The Labute approximate surface area is 158 Å². The minimum Gasteiger partial charge on any atom is -0.507 e. The maximum absolute atomic E-state index is 11.2. The van der Waals surface area contributed by atoms with Gasteiger partial charge in [-0.2, -0.15) is 0 Å². The molecule has 1 aliphatic rings. The summed E-state index contributed by atoms with van der Waals surface area (Å²) in [6, 6.07) is 12.2. The van der Waals surface area contributed by atoms with E-state index in [4.69, 9.17) is 9.47 Å². The Morgan fingerprint density at radius 1 is 1.00 bits per heavy atom. The lowest BCUT2D eigenvalue weighted by molar-refractivity contribution is 0.401. The van der Waals surface area contributed by atoms with Gasteiger partial charge in [0, 0.05) is 10.9 Å². The highest BCUT2D eigenvalue weighted by Gasteiger charge is 2.45. The molecule has 1 aliphatic carbocycles. The van der Waals surface area contributed by atoms with Crippen LogP contribution < -0.4 is 20.1 Å². The molecule has 3 nitrogen and oxygen atoms in total. The molecular formula is C22H29O3P. The van der Waals surface area contributed by atoms with Crippen molar-refractivity contribution in [1.29, 1.82) is 0 Å². The fourth-order valence-electron chi connectivity index (χ4n) is 4.01. The van der Waals surface area contributed by atoms with Crippen LogP contribution in [-0.2, 0) is 5.41 Å². The summed E-state index contributed by atoms with van der Waals surface area (Å²) < 4.78 is 11.3. The molecule has 26 heavy (non-hydrogen) atoms. The van der Waals surface area contributed by atoms with E-state index in [-0.39, 0.29) is 5.41 Å². The van der Waals surface area contributed by atoms with Gasteiger partial charge < -0.3 is 14.6 Å². The Bertz CT molecular complexity index is 746. The highest BCUT2D eigenvalue weighted by atomic mass is 31.1. The van der Waals surface area contributed by atoms with Gasteiger partial charge in [0.2, 0.25) is 0 Å². The number of phenolic OH excluding ortho intramolecular Hbond substituents is 1. The second kappa shape index (κ2) is 7.88. The maximum Gasteiger partial charge on any atom is 0.130 e. The molecular weight excluding hydrogens is 343 g/mol. The van der Waals surface area contributed by atoms with E-state index in [9.17, 15) is 5.11 Å². The lowest BCUT2D eigenvalue weighted by atomic mass is 9.90. The van der Waals surface area contributed by atoms with Crippen molar-refractivity contribution in [1.82, 2.24) is 0 Å². The molecule has 3 rings (SSSR count). The second-order valence-corrected chi connectivity index (χ2v) is 9.38. The standard InChI is InChI=1S/C22H29O3P/c1-5-13-22(14-15-22)16-9-7-12-19(20(16)23)26(6-2)21-17(24-3)10-8-11-18(21)25-4/h7-12,23H,5-6,13-15H2,1-4H3. The van der Waals surface area contributed by atoms with Gasteiger partial charge >= 0.3 is 0 Å². The fourth-order valence-corrected chi connectivity index (χ4v) is 6.41. The minimum absolute atomic E-state index is 0.189. The lowest BCUT2D eigenvalue weighted by Crippen LogP contribution is -2.20. The third kappa shape index (κ3) is 3.30. The highest BCUT2D eigenvalue weighted by Crippen LogP contribution is 2.55. The van der Waals surface area contributed by atoms with Crippen LogP contribution in [0.5, 0.6) is 17.2 Å². The minimum atomic E-state index is -0.768. The average molecular weight is 372 g/mol. The van der Waals surface area contributed by atoms with Crippen LogP contribution in [0.25, 0.3) is 0 Å². The van der Waals surface area contributed by atoms with Crippen LogP contribution in [0.3, 0.4) is 0 Å². The predicted molar refractivity (Wildman–Crippen MR) is 110 cm³/mol. The molecule has 0 aromatic heterocycles. The van der Waals surface area contributed by atoms with Crippen molar-refractivity contribution in [2.45, 2.75) is 44.9 Å². The van der Waals surface area contributed by atoms with Crippen LogP contribution in [0.15, 0.2) is 36.4 Å². The third-order valence-electron chi connectivity index (χ3n) is 5.45. The first-order valence-corrected chi connectivity index (χ1v) is 11.0. The third-order valence-corrected chi connectivity index (χ3v) is 8.00. The van der Waals surface area contributed by atoms with Gasteiger partial charge in [-0.3, -0.25) is 0 Å². The molecule has 0 saturated heterocycles. The molecule has 2 aromatic carbocycles. The van der Waals surface area contributed by atoms with E-state index in [1.807, 2.05) is 18.2 Å². The normalized spacial score (nSPS) is 16.2. The van der Waals surface area contributed by atoms with Crippen molar-refractivity contribution in [2.24, 2.45) is 0 Å². The summed E-state index contributed by atoms with van der Waals surface area (Å²) in [5.74, 6) is 2.15. The Hall–Kier alpha value is -1.73. The smallest absolute Gasteiger partial charge is 0.130 e. The highest BCUT2D eigenvalue weighted by molar-refractivity contribution is 7.73. The lowest BCUT2D eigenvalue weighted by Gasteiger charge is -2.25. The van der Waals surface area contributed by atoms with Gasteiger partial charge in [0.25, 0.3) is 0 Å². The Morgan fingerprint density at radius 3 is 2.12 bits per heavy atom. The molecule has 1 N–H and O–H groups in total. The Morgan fingerprint density at radius 2 is 1.62 bits per heavy atom. The zero-order valence-corrected chi connectivity index (χ0v) is 17.1. The first-order valence-electron chi connectivity index (χ1n) is 9.42. The molecule has 140 valence electrons.